The van der Waals surface area contributed by atoms with Crippen LogP contribution in [-0.2, 0) is 63.9 Å². The number of ether oxygens (including phenoxy) is 1. The van der Waals surface area contributed by atoms with E-state index in [0.717, 1.165) is 19.3 Å². The van der Waals surface area contributed by atoms with Crippen molar-refractivity contribution in [2.45, 2.75) is 198 Å². The summed E-state index contributed by atoms with van der Waals surface area (Å²) in [6.45, 7) is 9.46. The van der Waals surface area contributed by atoms with E-state index in [1.807, 2.05) is 0 Å². The molecule has 1 saturated heterocycles. The van der Waals surface area contributed by atoms with Gasteiger partial charge in [-0.2, -0.15) is 0 Å². The maximum absolute atomic E-state index is 14.6. The van der Waals surface area contributed by atoms with Gasteiger partial charge < -0.3 is 97.0 Å². The van der Waals surface area contributed by atoms with Crippen molar-refractivity contribution >= 4 is 65.0 Å². The Bertz CT molecular complexity index is 2340. The molecule has 29 nitrogen and oxygen atoms in total. The maximum Gasteiger partial charge on any atom is 0.245 e. The second-order valence-corrected chi connectivity index (χ2v) is 22.2. The second kappa shape index (κ2) is 40.5. The molecule has 22 N–H and O–H groups in total. The molecule has 0 unspecified atom stereocenters. The third-order valence-corrected chi connectivity index (χ3v) is 14.6. The van der Waals surface area contributed by atoms with E-state index < -0.39 is 151 Å². The van der Waals surface area contributed by atoms with Crippen molar-refractivity contribution in [2.75, 3.05) is 46.4 Å². The van der Waals surface area contributed by atoms with Crippen LogP contribution < -0.4 is 87.2 Å². The SMILES string of the molecule is CC[C@H](C)CCCCC(=O)N[C@@H](CCN)C(=O)N[C@H](C(=O)N[C@@H](CCN)C(=O)N[C@H]1CCNC(=O)[C@H]([C@@H](C)OC)NC(=O)[C@H](CCN)NC(=O)[C@H](CCN)NC(=O)[C@H](CC(C)C)NC(=O)[C@@H](Cc2ccccc2)NC(=O)[C@H](CCN)NC1=O)[C@@H](C)O. The fraction of sp³-hybridized carbons (Fsp3) is 0.702. The summed E-state index contributed by atoms with van der Waals surface area (Å²) >= 11 is 0. The predicted molar refractivity (Wildman–Crippen MR) is 321 cm³/mol. The molecule has 11 amide bonds. The number of hydrogen-bond donors (Lipinski definition) is 17. The minimum atomic E-state index is -1.69. The molecule has 1 aromatic carbocycles. The van der Waals surface area contributed by atoms with Crippen LogP contribution in [0.15, 0.2) is 30.3 Å². The molecule has 0 bridgehead atoms. The van der Waals surface area contributed by atoms with Crippen LogP contribution in [0.1, 0.15) is 124 Å². The molecular weight excluding hydrogens is 1120 g/mol. The fourth-order valence-electron chi connectivity index (χ4n) is 9.25. The third-order valence-electron chi connectivity index (χ3n) is 14.6. The smallest absolute Gasteiger partial charge is 0.245 e. The van der Waals surface area contributed by atoms with Crippen LogP contribution in [-0.4, -0.2) is 189 Å². The van der Waals surface area contributed by atoms with Crippen molar-refractivity contribution in [2.24, 2.45) is 40.5 Å². The van der Waals surface area contributed by atoms with Crippen LogP contribution in [0, 0.1) is 11.8 Å². The lowest BCUT2D eigenvalue weighted by Gasteiger charge is -2.29. The number of benzene rings is 1. The van der Waals surface area contributed by atoms with Crippen LogP contribution in [0.5, 0.6) is 0 Å². The highest BCUT2D eigenvalue weighted by Crippen LogP contribution is 2.14. The van der Waals surface area contributed by atoms with E-state index in [1.54, 1.807) is 44.2 Å². The lowest BCUT2D eigenvalue weighted by molar-refractivity contribution is -0.137. The van der Waals surface area contributed by atoms with Gasteiger partial charge in [-0.25, -0.2) is 0 Å². The first kappa shape index (κ1) is 75.2. The molecule has 1 fully saturated rings. The highest BCUT2D eigenvalue weighted by Gasteiger charge is 2.38. The summed E-state index contributed by atoms with van der Waals surface area (Å²) in [5, 5.41) is 39.4. The minimum Gasteiger partial charge on any atom is -0.391 e. The molecule has 1 heterocycles. The van der Waals surface area contributed by atoms with E-state index in [0.29, 0.717) is 17.9 Å². The van der Waals surface area contributed by atoms with Gasteiger partial charge in [0.25, 0.3) is 0 Å². The molecular formula is C57H100N16O13. The number of methoxy groups -OCH3 is 1. The molecule has 2 rings (SSSR count). The quantitative estimate of drug-likeness (QED) is 0.0322. The molecule has 86 heavy (non-hydrogen) atoms. The molecule has 13 atom stereocenters. The molecule has 0 aliphatic carbocycles. The standard InChI is InChI=1S/C57H100N16O13/c1-8-33(4)14-12-13-17-45(75)64-37(18-24-58)52(80)72-46(34(5)74)57(85)69-40(21-27-61)49(77)68-42-23-29-63-56(84)47(35(6)86-7)73-53(81)41(22-28-62)66-48(76)38(19-25-59)67-54(82)43(30-32(2)3)70-55(83)44(31-36-15-10-9-11-16-36)71-50(78)39(20-26-60)65-51(42)79/h9-11,15-16,32-35,37-44,46-47,74H,8,12-14,17-31,58-62H2,1-7H3,(H,63,84)(H,64,75)(H,65,79)(H,66,76)(H,67,82)(H,68,77)(H,69,85)(H,70,83)(H,71,78)(H,72,80)(H,73,81)/t33-,34+,35+,37-,38-,39-,40-,41-,42-,43-,44+,46-,47-/m0/s1. The largest absolute Gasteiger partial charge is 0.391 e. The van der Waals surface area contributed by atoms with Crippen LogP contribution in [0.4, 0.5) is 0 Å². The van der Waals surface area contributed by atoms with E-state index in [9.17, 15) is 57.8 Å². The van der Waals surface area contributed by atoms with Crippen LogP contribution in [0.2, 0.25) is 0 Å². The topological polar surface area (TPSA) is 480 Å². The summed E-state index contributed by atoms with van der Waals surface area (Å²) in [7, 11) is 1.28. The number of carbonyl (C=O) groups is 11. The Morgan fingerprint density at radius 3 is 1.60 bits per heavy atom. The molecule has 0 saturated carbocycles. The average Bonchev–Trinajstić information content (AvgIpc) is 3.68. The molecule has 0 radical (unpaired) electrons. The molecule has 1 aromatic rings. The van der Waals surface area contributed by atoms with E-state index in [1.165, 1.54) is 21.0 Å². The maximum atomic E-state index is 14.6. The van der Waals surface area contributed by atoms with E-state index in [-0.39, 0.29) is 90.0 Å². The first-order valence-electron chi connectivity index (χ1n) is 29.9. The zero-order chi connectivity index (χ0) is 64.5. The second-order valence-electron chi connectivity index (χ2n) is 22.2. The number of aliphatic hydroxyl groups excluding tert-OH is 1. The summed E-state index contributed by atoms with van der Waals surface area (Å²) in [6.07, 6.45) is -0.307. The van der Waals surface area contributed by atoms with Crippen molar-refractivity contribution in [3.8, 4) is 0 Å². The number of rotatable bonds is 30. The normalized spacial score (nSPS) is 22.8. The Morgan fingerprint density at radius 1 is 0.593 bits per heavy atom. The lowest BCUT2D eigenvalue weighted by atomic mass is 10.00. The van der Waals surface area contributed by atoms with Gasteiger partial charge in [-0.15, -0.1) is 0 Å². The van der Waals surface area contributed by atoms with E-state index in [2.05, 4.69) is 72.3 Å². The van der Waals surface area contributed by atoms with Gasteiger partial charge in [-0.05, 0) is 115 Å². The zero-order valence-corrected chi connectivity index (χ0v) is 51.1. The Labute approximate surface area is 504 Å². The summed E-state index contributed by atoms with van der Waals surface area (Å²) in [5.41, 5.74) is 30.1. The number of aliphatic hydroxyl groups is 1. The van der Waals surface area contributed by atoms with Gasteiger partial charge in [0, 0.05) is 26.5 Å². The first-order valence-corrected chi connectivity index (χ1v) is 29.9. The zero-order valence-electron chi connectivity index (χ0n) is 51.1. The van der Waals surface area contributed by atoms with Crippen LogP contribution >= 0.6 is 0 Å². The van der Waals surface area contributed by atoms with Gasteiger partial charge >= 0.3 is 0 Å². The Kier molecular flexibility index (Phi) is 35.4. The molecule has 1 aliphatic heterocycles. The Hall–Kier alpha value is -6.89. The molecule has 29 heteroatoms. The molecule has 0 spiro atoms. The third kappa shape index (κ3) is 26.8. The minimum absolute atomic E-state index is 0.0110. The predicted octanol–water partition coefficient (Wildman–Crippen LogP) is -4.59. The van der Waals surface area contributed by atoms with Crippen molar-refractivity contribution in [3.05, 3.63) is 35.9 Å². The number of nitrogens with two attached hydrogens (primary N) is 5. The van der Waals surface area contributed by atoms with Gasteiger partial charge in [0.2, 0.25) is 65.0 Å². The average molecular weight is 1220 g/mol. The summed E-state index contributed by atoms with van der Waals surface area (Å²) in [4.78, 5) is 155. The van der Waals surface area contributed by atoms with Gasteiger partial charge in [-0.3, -0.25) is 52.7 Å². The summed E-state index contributed by atoms with van der Waals surface area (Å²) in [5.74, 6) is -9.05. The highest BCUT2D eigenvalue weighted by atomic mass is 16.5. The van der Waals surface area contributed by atoms with Crippen molar-refractivity contribution in [1.29, 1.82) is 0 Å². The van der Waals surface area contributed by atoms with Gasteiger partial charge in [0.1, 0.15) is 60.4 Å². The number of amides is 11. The first-order chi connectivity index (χ1) is 40.9. The molecule has 0 aromatic heterocycles. The van der Waals surface area contributed by atoms with Crippen molar-refractivity contribution in [1.82, 2.24) is 58.5 Å². The number of nitrogens with one attached hydrogen (secondary N) is 11. The Balaban J connectivity index is 2.70. The van der Waals surface area contributed by atoms with Crippen LogP contribution in [0.25, 0.3) is 0 Å². The van der Waals surface area contributed by atoms with Gasteiger partial charge in [0.05, 0.1) is 12.2 Å². The highest BCUT2D eigenvalue weighted by molar-refractivity contribution is 5.99. The van der Waals surface area contributed by atoms with Crippen molar-refractivity contribution in [3.63, 3.8) is 0 Å². The Morgan fingerprint density at radius 2 is 1.09 bits per heavy atom. The number of unbranched alkanes of at least 4 members (excludes halogenated alkanes) is 1. The number of carbonyl (C=O) groups excluding carboxylic acids is 11. The van der Waals surface area contributed by atoms with E-state index >= 15 is 0 Å². The summed E-state index contributed by atoms with van der Waals surface area (Å²) in [6, 6.07) is -5.78. The molecule has 486 valence electrons. The summed E-state index contributed by atoms with van der Waals surface area (Å²) < 4.78 is 5.44. The number of hydrogen-bond acceptors (Lipinski definition) is 18. The monoisotopic (exact) mass is 1220 g/mol. The molecule has 1 aliphatic rings. The van der Waals surface area contributed by atoms with E-state index in [4.69, 9.17) is 33.4 Å². The van der Waals surface area contributed by atoms with Crippen molar-refractivity contribution < 1.29 is 62.6 Å². The van der Waals surface area contributed by atoms with Gasteiger partial charge in [-0.1, -0.05) is 77.3 Å². The van der Waals surface area contributed by atoms with Crippen LogP contribution in [0.3, 0.4) is 0 Å². The lowest BCUT2D eigenvalue weighted by Crippen LogP contribution is -2.62. The fourth-order valence-corrected chi connectivity index (χ4v) is 9.25. The van der Waals surface area contributed by atoms with Gasteiger partial charge in [0.15, 0.2) is 0 Å².